The van der Waals surface area contributed by atoms with Gasteiger partial charge in [0.1, 0.15) is 13.2 Å². The maximum Gasteiger partial charge on any atom is 0.322 e. The molecule has 0 saturated heterocycles. The van der Waals surface area contributed by atoms with Crippen molar-refractivity contribution in [3.63, 3.8) is 0 Å². The summed E-state index contributed by atoms with van der Waals surface area (Å²) in [5.41, 5.74) is -2.31. The first-order valence-corrected chi connectivity index (χ1v) is 6.42. The topological polar surface area (TPSA) is 96.0 Å². The minimum Gasteiger partial charge on any atom is -0.465 e. The predicted molar refractivity (Wildman–Crippen MR) is 71.9 cm³/mol. The quantitative estimate of drug-likeness (QED) is 0.413. The summed E-state index contributed by atoms with van der Waals surface area (Å²) in [5, 5.41) is 0. The van der Waals surface area contributed by atoms with Crippen molar-refractivity contribution in [1.29, 1.82) is 0 Å². The van der Waals surface area contributed by atoms with E-state index in [0.29, 0.717) is 0 Å². The molecule has 0 N–H and O–H groups in total. The Morgan fingerprint density at radius 2 is 1.00 bits per heavy atom. The van der Waals surface area contributed by atoms with Gasteiger partial charge in [0, 0.05) is 13.8 Å². The van der Waals surface area contributed by atoms with Crippen LogP contribution in [-0.4, -0.2) is 37.1 Å². The van der Waals surface area contributed by atoms with E-state index in [4.69, 9.17) is 14.2 Å². The summed E-state index contributed by atoms with van der Waals surface area (Å²) in [4.78, 5) is 45.4. The third-order valence-electron chi connectivity index (χ3n) is 2.56. The maximum atomic E-state index is 11.9. The summed E-state index contributed by atoms with van der Waals surface area (Å²) in [6, 6.07) is 0. The third kappa shape index (κ3) is 6.87. The monoisotopic (exact) mass is 302 g/mol. The molecule has 0 aromatic rings. The van der Waals surface area contributed by atoms with Crippen molar-refractivity contribution in [2.24, 2.45) is 10.8 Å². The maximum absolute atomic E-state index is 11.9. The highest BCUT2D eigenvalue weighted by Crippen LogP contribution is 2.23. The van der Waals surface area contributed by atoms with Crippen LogP contribution in [0.5, 0.6) is 0 Å². The average molecular weight is 302 g/mol. The lowest BCUT2D eigenvalue weighted by Crippen LogP contribution is -2.39. The molecule has 0 aliphatic rings. The summed E-state index contributed by atoms with van der Waals surface area (Å²) < 4.78 is 14.3. The van der Waals surface area contributed by atoms with Gasteiger partial charge >= 0.3 is 23.9 Å². The van der Waals surface area contributed by atoms with Gasteiger partial charge in [0.2, 0.25) is 0 Å². The summed E-state index contributed by atoms with van der Waals surface area (Å²) >= 11 is 0. The molecule has 0 aromatic carbocycles. The average Bonchev–Trinajstić information content (AvgIpc) is 2.34. The first-order valence-electron chi connectivity index (χ1n) is 6.42. The molecule has 0 aromatic heterocycles. The van der Waals surface area contributed by atoms with Crippen LogP contribution in [0.1, 0.15) is 41.5 Å². The van der Waals surface area contributed by atoms with E-state index in [1.165, 1.54) is 41.5 Å². The van der Waals surface area contributed by atoms with Gasteiger partial charge in [-0.15, -0.1) is 0 Å². The van der Waals surface area contributed by atoms with Crippen molar-refractivity contribution in [2.45, 2.75) is 41.5 Å². The molecule has 120 valence electrons. The van der Waals surface area contributed by atoms with Gasteiger partial charge < -0.3 is 14.2 Å². The van der Waals surface area contributed by atoms with Crippen LogP contribution in [0.15, 0.2) is 0 Å². The predicted octanol–water partition coefficient (Wildman–Crippen LogP) is 1.23. The lowest BCUT2D eigenvalue weighted by molar-refractivity contribution is -0.176. The first kappa shape index (κ1) is 19.1. The third-order valence-corrected chi connectivity index (χ3v) is 2.56. The van der Waals surface area contributed by atoms with Crippen LogP contribution in [-0.2, 0) is 33.4 Å². The van der Waals surface area contributed by atoms with Gasteiger partial charge in [-0.25, -0.2) is 0 Å². The lowest BCUT2D eigenvalue weighted by Gasteiger charge is -2.25. The highest BCUT2D eigenvalue weighted by molar-refractivity contribution is 5.91. The Morgan fingerprint density at radius 1 is 0.714 bits per heavy atom. The Balaban J connectivity index is 4.64. The van der Waals surface area contributed by atoms with E-state index in [-0.39, 0.29) is 13.2 Å². The SMILES string of the molecule is CC(=O)OCC(C)(C)C(=O)OC(=O)C(C)(C)COC(C)=O. The van der Waals surface area contributed by atoms with Crippen molar-refractivity contribution in [3.8, 4) is 0 Å². The Bertz CT molecular complexity index is 395. The molecule has 0 unspecified atom stereocenters. The molecule has 0 aliphatic heterocycles. The van der Waals surface area contributed by atoms with E-state index < -0.39 is 34.7 Å². The van der Waals surface area contributed by atoms with Crippen LogP contribution in [0.2, 0.25) is 0 Å². The summed E-state index contributed by atoms with van der Waals surface area (Å²) in [5.74, 6) is -2.69. The molecule has 0 heterocycles. The molecule has 0 amide bonds. The lowest BCUT2D eigenvalue weighted by atomic mass is 9.93. The normalized spacial score (nSPS) is 11.5. The van der Waals surface area contributed by atoms with E-state index in [9.17, 15) is 19.2 Å². The Hall–Kier alpha value is -1.92. The molecule has 0 atom stereocenters. The van der Waals surface area contributed by atoms with Gasteiger partial charge in [-0.05, 0) is 27.7 Å². The van der Waals surface area contributed by atoms with Crippen LogP contribution in [0.4, 0.5) is 0 Å². The zero-order chi connectivity index (χ0) is 16.8. The molecule has 7 nitrogen and oxygen atoms in total. The molecule has 0 fully saturated rings. The standard InChI is InChI=1S/C14H22O7/c1-9(15)19-7-13(3,4)11(17)21-12(18)14(5,6)8-20-10(2)16/h7-8H2,1-6H3. The fourth-order valence-corrected chi connectivity index (χ4v) is 1.04. The van der Waals surface area contributed by atoms with Crippen LogP contribution in [0.25, 0.3) is 0 Å². The molecule has 0 saturated carbocycles. The van der Waals surface area contributed by atoms with E-state index in [0.717, 1.165) is 0 Å². The van der Waals surface area contributed by atoms with Crippen molar-refractivity contribution in [1.82, 2.24) is 0 Å². The Morgan fingerprint density at radius 3 is 1.24 bits per heavy atom. The fourth-order valence-electron chi connectivity index (χ4n) is 1.04. The Labute approximate surface area is 123 Å². The molecule has 0 bridgehead atoms. The van der Waals surface area contributed by atoms with E-state index in [1.807, 2.05) is 0 Å². The molecule has 21 heavy (non-hydrogen) atoms. The van der Waals surface area contributed by atoms with Gasteiger partial charge in [0.05, 0.1) is 10.8 Å². The van der Waals surface area contributed by atoms with E-state index in [1.54, 1.807) is 0 Å². The summed E-state index contributed by atoms with van der Waals surface area (Å²) in [6.45, 7) is 8.01. The minimum atomic E-state index is -1.15. The first-order chi connectivity index (χ1) is 9.38. The highest BCUT2D eigenvalue weighted by Gasteiger charge is 2.38. The molecule has 0 spiro atoms. The Kier molecular flexibility index (Phi) is 6.53. The van der Waals surface area contributed by atoms with Crippen molar-refractivity contribution < 1.29 is 33.4 Å². The van der Waals surface area contributed by atoms with Gasteiger partial charge in [-0.2, -0.15) is 0 Å². The minimum absolute atomic E-state index is 0.196. The van der Waals surface area contributed by atoms with Crippen molar-refractivity contribution >= 4 is 23.9 Å². The van der Waals surface area contributed by atoms with E-state index >= 15 is 0 Å². The number of hydrogen-bond donors (Lipinski definition) is 0. The second kappa shape index (κ2) is 7.19. The second-order valence-corrected chi connectivity index (χ2v) is 6.01. The number of rotatable bonds is 6. The zero-order valence-corrected chi connectivity index (χ0v) is 13.3. The van der Waals surface area contributed by atoms with Crippen LogP contribution >= 0.6 is 0 Å². The van der Waals surface area contributed by atoms with Gasteiger partial charge in [0.25, 0.3) is 0 Å². The van der Waals surface area contributed by atoms with Crippen LogP contribution in [0.3, 0.4) is 0 Å². The summed E-state index contributed by atoms with van der Waals surface area (Å²) in [6.07, 6.45) is 0. The molecular formula is C14H22O7. The highest BCUT2D eigenvalue weighted by atomic mass is 16.6. The number of ether oxygens (including phenoxy) is 3. The fraction of sp³-hybridized carbons (Fsp3) is 0.714. The number of esters is 4. The molecule has 0 aliphatic carbocycles. The molecule has 0 rings (SSSR count). The van der Waals surface area contributed by atoms with Crippen molar-refractivity contribution in [3.05, 3.63) is 0 Å². The second-order valence-electron chi connectivity index (χ2n) is 6.01. The summed E-state index contributed by atoms with van der Waals surface area (Å²) in [7, 11) is 0. The molecule has 0 radical (unpaired) electrons. The van der Waals surface area contributed by atoms with Crippen LogP contribution in [0, 0.1) is 10.8 Å². The smallest absolute Gasteiger partial charge is 0.322 e. The van der Waals surface area contributed by atoms with Crippen LogP contribution < -0.4 is 0 Å². The van der Waals surface area contributed by atoms with Gasteiger partial charge in [-0.3, -0.25) is 19.2 Å². The van der Waals surface area contributed by atoms with Gasteiger partial charge in [-0.1, -0.05) is 0 Å². The largest absolute Gasteiger partial charge is 0.465 e. The van der Waals surface area contributed by atoms with E-state index in [2.05, 4.69) is 0 Å². The number of hydrogen-bond acceptors (Lipinski definition) is 7. The number of carbonyl (C=O) groups excluding carboxylic acids is 4. The van der Waals surface area contributed by atoms with Gasteiger partial charge in [0.15, 0.2) is 0 Å². The molecule has 7 heteroatoms. The zero-order valence-electron chi connectivity index (χ0n) is 13.3. The molecular weight excluding hydrogens is 280 g/mol. The van der Waals surface area contributed by atoms with Crippen molar-refractivity contribution in [2.75, 3.05) is 13.2 Å². The number of carbonyl (C=O) groups is 4.